The third kappa shape index (κ3) is 4.11. The van der Waals surface area contributed by atoms with Crippen LogP contribution in [-0.2, 0) is 13.2 Å². The first-order chi connectivity index (χ1) is 16.6. The van der Waals surface area contributed by atoms with Gasteiger partial charge in [0.2, 0.25) is 5.43 Å². The Hall–Kier alpha value is -4.52. The molecule has 0 aliphatic carbocycles. The molecule has 0 fully saturated rings. The molecule has 1 aromatic heterocycles. The van der Waals surface area contributed by atoms with Gasteiger partial charge in [0.15, 0.2) is 11.4 Å². The van der Waals surface area contributed by atoms with Crippen molar-refractivity contribution >= 4 is 5.97 Å². The number of benzene rings is 3. The summed E-state index contributed by atoms with van der Waals surface area (Å²) in [5, 5.41) is 10.0. The number of carboxylic acids is 1. The van der Waals surface area contributed by atoms with E-state index in [9.17, 15) is 14.7 Å². The summed E-state index contributed by atoms with van der Waals surface area (Å²) in [4.78, 5) is 24.9. The molecule has 3 aromatic carbocycles. The number of para-hydroxylation sites is 1. The average Bonchev–Trinajstić information content (AvgIpc) is 3.02. The minimum atomic E-state index is -1.28. The highest BCUT2D eigenvalue weighted by Gasteiger charge is 2.27. The first-order valence-electron chi connectivity index (χ1n) is 10.8. The normalized spacial score (nSPS) is 14.2. The number of carboxylic acid groups (broad SMARTS) is 1. The lowest BCUT2D eigenvalue weighted by molar-refractivity contribution is 0.0679. The van der Waals surface area contributed by atoms with Crippen LogP contribution in [0.25, 0.3) is 0 Å². The van der Waals surface area contributed by atoms with Crippen molar-refractivity contribution in [1.29, 1.82) is 0 Å². The van der Waals surface area contributed by atoms with E-state index in [0.29, 0.717) is 12.4 Å². The maximum Gasteiger partial charge on any atom is 0.358 e. The van der Waals surface area contributed by atoms with Crippen LogP contribution < -0.4 is 20.3 Å². The molecular formula is C27H22N2O5. The van der Waals surface area contributed by atoms with Crippen LogP contribution in [0.1, 0.15) is 38.8 Å². The molecule has 0 radical (unpaired) electrons. The number of hydrogen-bond acceptors (Lipinski definition) is 5. The summed E-state index contributed by atoms with van der Waals surface area (Å²) < 4.78 is 13.1. The molecule has 7 nitrogen and oxygen atoms in total. The van der Waals surface area contributed by atoms with Gasteiger partial charge in [0.05, 0.1) is 6.04 Å². The number of hydrogen-bond donors (Lipinski definition) is 2. The highest BCUT2D eigenvalue weighted by Crippen LogP contribution is 2.36. The van der Waals surface area contributed by atoms with Crippen LogP contribution in [0, 0.1) is 0 Å². The van der Waals surface area contributed by atoms with Gasteiger partial charge >= 0.3 is 5.97 Å². The summed E-state index contributed by atoms with van der Waals surface area (Å²) in [6.07, 6.45) is 1.41. The van der Waals surface area contributed by atoms with Gasteiger partial charge in [-0.3, -0.25) is 9.47 Å². The van der Waals surface area contributed by atoms with Crippen molar-refractivity contribution < 1.29 is 19.4 Å². The van der Waals surface area contributed by atoms with Crippen LogP contribution >= 0.6 is 0 Å². The van der Waals surface area contributed by atoms with Crippen molar-refractivity contribution in [2.45, 2.75) is 19.3 Å². The Morgan fingerprint density at radius 2 is 1.68 bits per heavy atom. The largest absolute Gasteiger partial charge is 0.489 e. The van der Waals surface area contributed by atoms with Crippen molar-refractivity contribution in [2.24, 2.45) is 0 Å². The molecule has 1 atom stereocenters. The van der Waals surface area contributed by atoms with E-state index in [0.717, 1.165) is 22.3 Å². The molecule has 1 aliphatic rings. The number of nitrogens with zero attached hydrogens (tertiary/aromatic N) is 1. The molecule has 0 saturated carbocycles. The van der Waals surface area contributed by atoms with Crippen LogP contribution in [0.2, 0.25) is 0 Å². The minimum Gasteiger partial charge on any atom is -0.489 e. The van der Waals surface area contributed by atoms with Crippen LogP contribution in [0.3, 0.4) is 0 Å². The zero-order valence-corrected chi connectivity index (χ0v) is 18.2. The SMILES string of the molecule is O=C(O)c1c(OCc2ccccc2)c(=O)ccn1NC1c2ccccc2COc2ccccc21. The lowest BCUT2D eigenvalue weighted by Gasteiger charge is -2.25. The van der Waals surface area contributed by atoms with Crippen molar-refractivity contribution in [3.05, 3.63) is 129 Å². The molecule has 2 N–H and O–H groups in total. The first kappa shape index (κ1) is 21.3. The summed E-state index contributed by atoms with van der Waals surface area (Å²) in [6, 6.07) is 25.6. The van der Waals surface area contributed by atoms with Crippen LogP contribution in [0.5, 0.6) is 11.5 Å². The molecule has 7 heteroatoms. The van der Waals surface area contributed by atoms with Crippen molar-refractivity contribution in [3.63, 3.8) is 0 Å². The standard InChI is InChI=1S/C27H22N2O5/c30-22-14-15-29(25(27(31)32)26(22)34-16-18-8-2-1-3-9-18)28-24-20-11-5-4-10-19(20)17-33-23-13-7-6-12-21(23)24/h1-15,24,28H,16-17H2,(H,31,32). The van der Waals surface area contributed by atoms with E-state index in [4.69, 9.17) is 9.47 Å². The lowest BCUT2D eigenvalue weighted by atomic mass is 9.95. The van der Waals surface area contributed by atoms with Crippen LogP contribution in [-0.4, -0.2) is 15.8 Å². The molecule has 2 heterocycles. The number of carbonyl (C=O) groups is 1. The van der Waals surface area contributed by atoms with Gasteiger partial charge in [0.1, 0.15) is 19.0 Å². The number of aromatic carboxylic acids is 1. The highest BCUT2D eigenvalue weighted by molar-refractivity contribution is 5.89. The van der Waals surface area contributed by atoms with E-state index in [1.54, 1.807) is 0 Å². The second kappa shape index (κ2) is 9.15. The van der Waals surface area contributed by atoms with Crippen molar-refractivity contribution in [3.8, 4) is 11.5 Å². The van der Waals surface area contributed by atoms with Crippen molar-refractivity contribution in [1.82, 2.24) is 4.68 Å². The van der Waals surface area contributed by atoms with Gasteiger partial charge in [0, 0.05) is 17.8 Å². The van der Waals surface area contributed by atoms with Gasteiger partial charge < -0.3 is 20.0 Å². The zero-order chi connectivity index (χ0) is 23.5. The highest BCUT2D eigenvalue weighted by atomic mass is 16.5. The third-order valence-corrected chi connectivity index (χ3v) is 5.73. The molecule has 0 bridgehead atoms. The van der Waals surface area contributed by atoms with Gasteiger partial charge in [0.25, 0.3) is 0 Å². The fraction of sp³-hybridized carbons (Fsp3) is 0.111. The van der Waals surface area contributed by atoms with Gasteiger partial charge in [-0.1, -0.05) is 72.8 Å². The molecule has 170 valence electrons. The van der Waals surface area contributed by atoms with Gasteiger partial charge in [-0.2, -0.15) is 0 Å². The lowest BCUT2D eigenvalue weighted by Crippen LogP contribution is -2.29. The predicted octanol–water partition coefficient (Wildman–Crippen LogP) is 4.35. The number of rotatable bonds is 6. The average molecular weight is 454 g/mol. The Morgan fingerprint density at radius 3 is 2.47 bits per heavy atom. The molecule has 34 heavy (non-hydrogen) atoms. The summed E-state index contributed by atoms with van der Waals surface area (Å²) in [7, 11) is 0. The molecule has 0 spiro atoms. The van der Waals surface area contributed by atoms with Crippen molar-refractivity contribution in [2.75, 3.05) is 5.43 Å². The monoisotopic (exact) mass is 454 g/mol. The van der Waals surface area contributed by atoms with Gasteiger partial charge in [-0.05, 0) is 22.8 Å². The van der Waals surface area contributed by atoms with Gasteiger partial charge in [-0.25, -0.2) is 4.79 Å². The number of ether oxygens (including phenoxy) is 2. The van der Waals surface area contributed by atoms with Crippen LogP contribution in [0.15, 0.2) is 95.9 Å². The number of pyridine rings is 1. The van der Waals surface area contributed by atoms with E-state index in [1.165, 1.54) is 16.9 Å². The van der Waals surface area contributed by atoms with E-state index >= 15 is 0 Å². The van der Waals surface area contributed by atoms with E-state index in [1.807, 2.05) is 78.9 Å². The van der Waals surface area contributed by atoms with E-state index in [2.05, 4.69) is 5.43 Å². The molecule has 1 unspecified atom stereocenters. The number of fused-ring (bicyclic) bond motifs is 2. The summed E-state index contributed by atoms with van der Waals surface area (Å²) in [5.41, 5.74) is 6.12. The maximum atomic E-state index is 12.6. The summed E-state index contributed by atoms with van der Waals surface area (Å²) >= 11 is 0. The predicted molar refractivity (Wildman–Crippen MR) is 127 cm³/mol. The molecule has 0 amide bonds. The Labute approximate surface area is 195 Å². The molecule has 5 rings (SSSR count). The molecule has 0 saturated heterocycles. The Morgan fingerprint density at radius 1 is 0.971 bits per heavy atom. The fourth-order valence-electron chi connectivity index (χ4n) is 4.09. The van der Waals surface area contributed by atoms with E-state index < -0.39 is 17.4 Å². The Bertz CT molecular complexity index is 1350. The Balaban J connectivity index is 1.58. The summed E-state index contributed by atoms with van der Waals surface area (Å²) in [5.74, 6) is -0.799. The molecule has 4 aromatic rings. The van der Waals surface area contributed by atoms with Crippen LogP contribution in [0.4, 0.5) is 0 Å². The first-order valence-corrected chi connectivity index (χ1v) is 10.8. The quantitative estimate of drug-likeness (QED) is 0.450. The van der Waals surface area contributed by atoms with Gasteiger partial charge in [-0.15, -0.1) is 0 Å². The molecular weight excluding hydrogens is 432 g/mol. The summed E-state index contributed by atoms with van der Waals surface area (Å²) in [6.45, 7) is 0.468. The van der Waals surface area contributed by atoms with E-state index in [-0.39, 0.29) is 18.1 Å². The third-order valence-electron chi connectivity index (χ3n) is 5.73. The number of aromatic nitrogens is 1. The maximum absolute atomic E-state index is 12.6. The molecule has 1 aliphatic heterocycles. The number of nitrogens with one attached hydrogen (secondary N) is 1. The Kier molecular flexibility index (Phi) is 5.74. The zero-order valence-electron chi connectivity index (χ0n) is 18.2. The topological polar surface area (TPSA) is 89.8 Å². The second-order valence-electron chi connectivity index (χ2n) is 7.89. The fourth-order valence-corrected chi connectivity index (χ4v) is 4.09. The minimum absolute atomic E-state index is 0.0727. The second-order valence-corrected chi connectivity index (χ2v) is 7.89. The smallest absolute Gasteiger partial charge is 0.358 e.